The summed E-state index contributed by atoms with van der Waals surface area (Å²) < 4.78 is 0. The minimum atomic E-state index is 0.256. The summed E-state index contributed by atoms with van der Waals surface area (Å²) in [6.07, 6.45) is 2.27. The lowest BCUT2D eigenvalue weighted by Gasteiger charge is -2.29. The van der Waals surface area contributed by atoms with Gasteiger partial charge in [0, 0.05) is 19.0 Å². The average molecular weight is 254 g/mol. The zero-order valence-electron chi connectivity index (χ0n) is 11.2. The molecular weight excluding hydrogens is 230 g/mol. The summed E-state index contributed by atoms with van der Waals surface area (Å²) in [6.45, 7) is 8.49. The Morgan fingerprint density at radius 3 is 2.18 bits per heavy atom. The maximum Gasteiger partial charge on any atom is 0.0291 e. The van der Waals surface area contributed by atoms with E-state index in [2.05, 4.69) is 50.4 Å². The second kappa shape index (κ2) is 7.03. The normalized spacial score (nSPS) is 11.8. The van der Waals surface area contributed by atoms with Crippen LogP contribution in [0.4, 0.5) is 0 Å². The molecule has 1 N–H and O–H groups in total. The third-order valence-electron chi connectivity index (χ3n) is 3.73. The van der Waals surface area contributed by atoms with Crippen molar-refractivity contribution in [2.45, 2.75) is 40.2 Å². The van der Waals surface area contributed by atoms with Gasteiger partial charge < -0.3 is 5.32 Å². The van der Waals surface area contributed by atoms with Gasteiger partial charge >= 0.3 is 0 Å². The molecular formula is C15H24ClN. The fourth-order valence-electron chi connectivity index (χ4n) is 1.91. The van der Waals surface area contributed by atoms with Crippen LogP contribution in [-0.4, -0.2) is 12.4 Å². The molecule has 0 saturated heterocycles. The smallest absolute Gasteiger partial charge is 0.0291 e. The highest BCUT2D eigenvalue weighted by atomic mass is 35.5. The van der Waals surface area contributed by atoms with E-state index in [1.807, 2.05) is 0 Å². The van der Waals surface area contributed by atoms with Gasteiger partial charge in [-0.1, -0.05) is 43.7 Å². The lowest BCUT2D eigenvalue weighted by Crippen LogP contribution is -2.34. The molecule has 1 nitrogen and oxygen atoms in total. The molecule has 0 bridgehead atoms. The first-order valence-corrected chi connectivity index (χ1v) is 7.01. The van der Waals surface area contributed by atoms with Crippen molar-refractivity contribution in [2.75, 3.05) is 12.4 Å². The van der Waals surface area contributed by atoms with Crippen molar-refractivity contribution in [3.05, 3.63) is 35.4 Å². The van der Waals surface area contributed by atoms with Crippen LogP contribution >= 0.6 is 11.6 Å². The van der Waals surface area contributed by atoms with Crippen molar-refractivity contribution >= 4 is 11.6 Å². The van der Waals surface area contributed by atoms with Gasteiger partial charge in [-0.3, -0.25) is 0 Å². The van der Waals surface area contributed by atoms with E-state index >= 15 is 0 Å². The zero-order chi connectivity index (χ0) is 12.7. The number of nitrogens with one attached hydrogen (secondary N) is 1. The number of rotatable bonds is 7. The number of hydrogen-bond donors (Lipinski definition) is 1. The van der Waals surface area contributed by atoms with Gasteiger partial charge in [-0.15, -0.1) is 11.6 Å². The largest absolute Gasteiger partial charge is 0.312 e. The molecule has 2 heteroatoms. The summed E-state index contributed by atoms with van der Waals surface area (Å²) in [5, 5.41) is 3.53. The van der Waals surface area contributed by atoms with Gasteiger partial charge in [0.2, 0.25) is 0 Å². The standard InChI is InChI=1S/C15H24ClN/c1-4-15(5-2,11-16)12-17-10-14-8-6-13(3)7-9-14/h6-9,17H,4-5,10-12H2,1-3H3. The van der Waals surface area contributed by atoms with Gasteiger partial charge in [0.15, 0.2) is 0 Å². The molecule has 0 aromatic heterocycles. The van der Waals surface area contributed by atoms with E-state index in [-0.39, 0.29) is 5.41 Å². The Balaban J connectivity index is 2.43. The van der Waals surface area contributed by atoms with E-state index in [9.17, 15) is 0 Å². The predicted octanol–water partition coefficient (Wildman–Crippen LogP) is 4.13. The Kier molecular flexibility index (Phi) is 6.01. The van der Waals surface area contributed by atoms with Crippen LogP contribution in [-0.2, 0) is 6.54 Å². The molecule has 0 aliphatic rings. The van der Waals surface area contributed by atoms with E-state index < -0.39 is 0 Å². The molecule has 0 aliphatic carbocycles. The molecule has 0 saturated carbocycles. The Morgan fingerprint density at radius 1 is 1.12 bits per heavy atom. The predicted molar refractivity (Wildman–Crippen MR) is 76.6 cm³/mol. The van der Waals surface area contributed by atoms with Crippen LogP contribution in [0, 0.1) is 12.3 Å². The van der Waals surface area contributed by atoms with E-state index in [0.29, 0.717) is 0 Å². The molecule has 0 radical (unpaired) electrons. The van der Waals surface area contributed by atoms with Gasteiger partial charge in [-0.2, -0.15) is 0 Å². The van der Waals surface area contributed by atoms with Crippen LogP contribution in [0.1, 0.15) is 37.8 Å². The maximum atomic E-state index is 6.09. The van der Waals surface area contributed by atoms with E-state index in [1.54, 1.807) is 0 Å². The lowest BCUT2D eigenvalue weighted by atomic mass is 9.84. The number of benzene rings is 1. The van der Waals surface area contributed by atoms with Gasteiger partial charge in [0.25, 0.3) is 0 Å². The molecule has 0 amide bonds. The summed E-state index contributed by atoms with van der Waals surface area (Å²) in [5.74, 6) is 0.737. The quantitative estimate of drug-likeness (QED) is 0.721. The van der Waals surface area contributed by atoms with Gasteiger partial charge in [-0.05, 0) is 30.7 Å². The third kappa shape index (κ3) is 4.33. The van der Waals surface area contributed by atoms with Crippen molar-refractivity contribution in [1.82, 2.24) is 5.32 Å². The van der Waals surface area contributed by atoms with Crippen molar-refractivity contribution in [2.24, 2.45) is 5.41 Å². The van der Waals surface area contributed by atoms with Crippen molar-refractivity contribution in [3.8, 4) is 0 Å². The van der Waals surface area contributed by atoms with Crippen molar-refractivity contribution < 1.29 is 0 Å². The highest BCUT2D eigenvalue weighted by molar-refractivity contribution is 6.18. The first-order valence-electron chi connectivity index (χ1n) is 6.48. The van der Waals surface area contributed by atoms with Crippen LogP contribution in [0.15, 0.2) is 24.3 Å². The molecule has 1 aromatic carbocycles. The summed E-state index contributed by atoms with van der Waals surface area (Å²) >= 11 is 6.09. The van der Waals surface area contributed by atoms with Crippen LogP contribution < -0.4 is 5.32 Å². The molecule has 17 heavy (non-hydrogen) atoms. The summed E-state index contributed by atoms with van der Waals surface area (Å²) in [4.78, 5) is 0. The molecule has 0 heterocycles. The van der Waals surface area contributed by atoms with E-state index in [0.717, 1.165) is 31.8 Å². The summed E-state index contributed by atoms with van der Waals surface area (Å²) in [6, 6.07) is 8.68. The van der Waals surface area contributed by atoms with Gasteiger partial charge in [-0.25, -0.2) is 0 Å². The van der Waals surface area contributed by atoms with Crippen molar-refractivity contribution in [3.63, 3.8) is 0 Å². The minimum Gasteiger partial charge on any atom is -0.312 e. The lowest BCUT2D eigenvalue weighted by molar-refractivity contribution is 0.286. The first-order chi connectivity index (χ1) is 8.15. The molecule has 0 atom stereocenters. The van der Waals surface area contributed by atoms with Crippen molar-refractivity contribution in [1.29, 1.82) is 0 Å². The molecule has 0 fully saturated rings. The Hall–Kier alpha value is -0.530. The molecule has 0 aliphatic heterocycles. The average Bonchev–Trinajstić information content (AvgIpc) is 2.38. The van der Waals surface area contributed by atoms with Gasteiger partial charge in [0.1, 0.15) is 0 Å². The SMILES string of the molecule is CCC(CC)(CCl)CNCc1ccc(C)cc1. The molecule has 0 unspecified atom stereocenters. The number of halogens is 1. The maximum absolute atomic E-state index is 6.09. The number of aryl methyl sites for hydroxylation is 1. The fourth-order valence-corrected chi connectivity index (χ4v) is 2.39. The second-order valence-corrected chi connectivity index (χ2v) is 5.20. The number of hydrogen-bond acceptors (Lipinski definition) is 1. The highest BCUT2D eigenvalue weighted by Gasteiger charge is 2.24. The topological polar surface area (TPSA) is 12.0 Å². The van der Waals surface area contributed by atoms with E-state index in [1.165, 1.54) is 11.1 Å². The monoisotopic (exact) mass is 253 g/mol. The molecule has 1 rings (SSSR count). The minimum absolute atomic E-state index is 0.256. The second-order valence-electron chi connectivity index (χ2n) is 4.93. The molecule has 1 aromatic rings. The summed E-state index contributed by atoms with van der Waals surface area (Å²) in [7, 11) is 0. The summed E-state index contributed by atoms with van der Waals surface area (Å²) in [5.41, 5.74) is 2.91. The number of alkyl halides is 1. The zero-order valence-corrected chi connectivity index (χ0v) is 12.0. The Bertz CT molecular complexity index is 306. The van der Waals surface area contributed by atoms with Crippen LogP contribution in [0.2, 0.25) is 0 Å². The first kappa shape index (κ1) is 14.5. The van der Waals surface area contributed by atoms with Crippen LogP contribution in [0.3, 0.4) is 0 Å². The highest BCUT2D eigenvalue weighted by Crippen LogP contribution is 2.26. The fraction of sp³-hybridized carbons (Fsp3) is 0.600. The molecule has 96 valence electrons. The molecule has 0 spiro atoms. The van der Waals surface area contributed by atoms with Crippen LogP contribution in [0.25, 0.3) is 0 Å². The Morgan fingerprint density at radius 2 is 1.71 bits per heavy atom. The van der Waals surface area contributed by atoms with E-state index in [4.69, 9.17) is 11.6 Å². The third-order valence-corrected chi connectivity index (χ3v) is 4.30. The van der Waals surface area contributed by atoms with Gasteiger partial charge in [0.05, 0.1) is 0 Å². The van der Waals surface area contributed by atoms with Crippen LogP contribution in [0.5, 0.6) is 0 Å². The Labute approximate surface area is 111 Å².